The third kappa shape index (κ3) is 1.49. The van der Waals surface area contributed by atoms with Gasteiger partial charge in [0.15, 0.2) is 4.80 Å². The highest BCUT2D eigenvalue weighted by atomic mass is 35.5. The first kappa shape index (κ1) is 8.81. The fraction of sp³-hybridized carbons (Fsp3) is 0.571. The maximum atomic E-state index is 5.75. The summed E-state index contributed by atoms with van der Waals surface area (Å²) >= 11 is 7.43. The lowest BCUT2D eigenvalue weighted by atomic mass is 10.4. The van der Waals surface area contributed by atoms with Crippen molar-refractivity contribution in [3.8, 4) is 0 Å². The minimum absolute atomic E-state index is 0.564. The molecular formula is C7H11ClN2S. The van der Waals surface area contributed by atoms with Crippen LogP contribution in [0.5, 0.6) is 0 Å². The predicted molar refractivity (Wildman–Crippen MR) is 49.1 cm³/mol. The molecule has 0 unspecified atom stereocenters. The fourth-order valence-electron chi connectivity index (χ4n) is 0.995. The molecule has 1 aromatic heterocycles. The van der Waals surface area contributed by atoms with Crippen molar-refractivity contribution in [3.05, 3.63) is 15.4 Å². The zero-order valence-electron chi connectivity index (χ0n) is 6.89. The van der Waals surface area contributed by atoms with E-state index >= 15 is 0 Å². The molecule has 0 atom stereocenters. The summed E-state index contributed by atoms with van der Waals surface area (Å²) in [6.07, 6.45) is 0. The van der Waals surface area contributed by atoms with Gasteiger partial charge in [-0.3, -0.25) is 4.99 Å². The van der Waals surface area contributed by atoms with Crippen LogP contribution in [-0.4, -0.2) is 11.6 Å². The Bertz CT molecular complexity index is 311. The molecule has 0 radical (unpaired) electrons. The van der Waals surface area contributed by atoms with Crippen molar-refractivity contribution in [1.29, 1.82) is 0 Å². The van der Waals surface area contributed by atoms with E-state index in [0.29, 0.717) is 5.88 Å². The summed E-state index contributed by atoms with van der Waals surface area (Å²) < 4.78 is 2.03. The van der Waals surface area contributed by atoms with Crippen LogP contribution >= 0.6 is 22.9 Å². The lowest BCUT2D eigenvalue weighted by molar-refractivity contribution is 0.817. The number of alkyl halides is 1. The molecule has 0 aliphatic heterocycles. The van der Waals surface area contributed by atoms with Gasteiger partial charge in [0.25, 0.3) is 0 Å². The fourth-order valence-corrected chi connectivity index (χ4v) is 2.39. The molecule has 1 aromatic rings. The van der Waals surface area contributed by atoms with Crippen LogP contribution in [0.1, 0.15) is 10.6 Å². The number of halogens is 1. The Balaban J connectivity index is 3.37. The Hall–Kier alpha value is -0.280. The lowest BCUT2D eigenvalue weighted by Gasteiger charge is -1.96. The van der Waals surface area contributed by atoms with Crippen LogP contribution in [-0.2, 0) is 12.9 Å². The van der Waals surface area contributed by atoms with Crippen molar-refractivity contribution in [2.24, 2.45) is 12.0 Å². The highest BCUT2D eigenvalue weighted by Gasteiger charge is 2.03. The van der Waals surface area contributed by atoms with Crippen molar-refractivity contribution in [3.63, 3.8) is 0 Å². The van der Waals surface area contributed by atoms with Crippen LogP contribution in [0.15, 0.2) is 4.99 Å². The van der Waals surface area contributed by atoms with Gasteiger partial charge in [-0.05, 0) is 6.92 Å². The predicted octanol–water partition coefficient (Wildman–Crippen LogP) is 1.66. The van der Waals surface area contributed by atoms with Crippen LogP contribution in [0.2, 0.25) is 0 Å². The van der Waals surface area contributed by atoms with Gasteiger partial charge < -0.3 is 4.57 Å². The number of aryl methyl sites for hydroxylation is 1. The van der Waals surface area contributed by atoms with Gasteiger partial charge in [-0.1, -0.05) is 0 Å². The van der Waals surface area contributed by atoms with E-state index in [1.807, 2.05) is 11.6 Å². The quantitative estimate of drug-likeness (QED) is 0.600. The molecule has 0 aliphatic carbocycles. The SMILES string of the molecule is CN=c1sc(C)c(CCl)n1C. The van der Waals surface area contributed by atoms with Crippen molar-refractivity contribution in [2.45, 2.75) is 12.8 Å². The Morgan fingerprint density at radius 1 is 1.64 bits per heavy atom. The molecular weight excluding hydrogens is 180 g/mol. The van der Waals surface area contributed by atoms with E-state index in [-0.39, 0.29) is 0 Å². The van der Waals surface area contributed by atoms with Gasteiger partial charge in [-0.2, -0.15) is 0 Å². The topological polar surface area (TPSA) is 17.3 Å². The summed E-state index contributed by atoms with van der Waals surface area (Å²) in [7, 11) is 3.78. The molecule has 62 valence electrons. The van der Waals surface area contributed by atoms with E-state index in [1.165, 1.54) is 4.88 Å². The molecule has 1 rings (SSSR count). The monoisotopic (exact) mass is 190 g/mol. The molecule has 0 N–H and O–H groups in total. The number of hydrogen-bond acceptors (Lipinski definition) is 2. The van der Waals surface area contributed by atoms with Crippen LogP contribution in [0, 0.1) is 6.92 Å². The van der Waals surface area contributed by atoms with Gasteiger partial charge in [0.1, 0.15) is 0 Å². The Kier molecular flexibility index (Phi) is 2.73. The first-order chi connectivity index (χ1) is 5.20. The van der Waals surface area contributed by atoms with Crippen molar-refractivity contribution in [2.75, 3.05) is 7.05 Å². The first-order valence-corrected chi connectivity index (χ1v) is 4.70. The van der Waals surface area contributed by atoms with Crippen molar-refractivity contribution < 1.29 is 0 Å². The van der Waals surface area contributed by atoms with Gasteiger partial charge in [0.2, 0.25) is 0 Å². The molecule has 0 aliphatic rings. The maximum Gasteiger partial charge on any atom is 0.184 e. The largest absolute Gasteiger partial charge is 0.323 e. The van der Waals surface area contributed by atoms with Crippen LogP contribution in [0.3, 0.4) is 0 Å². The smallest absolute Gasteiger partial charge is 0.184 e. The van der Waals surface area contributed by atoms with Crippen LogP contribution in [0.25, 0.3) is 0 Å². The second-order valence-electron chi connectivity index (χ2n) is 2.30. The summed E-state index contributed by atoms with van der Waals surface area (Å²) in [4.78, 5) is 6.40. The number of thiazole rings is 1. The Labute approximate surface area is 75.2 Å². The third-order valence-electron chi connectivity index (χ3n) is 1.66. The van der Waals surface area contributed by atoms with Gasteiger partial charge in [-0.15, -0.1) is 22.9 Å². The molecule has 1 heterocycles. The number of hydrogen-bond donors (Lipinski definition) is 0. The zero-order valence-corrected chi connectivity index (χ0v) is 8.46. The molecule has 0 amide bonds. The van der Waals surface area contributed by atoms with Gasteiger partial charge in [0, 0.05) is 24.7 Å². The molecule has 4 heteroatoms. The first-order valence-electron chi connectivity index (χ1n) is 3.34. The summed E-state index contributed by atoms with van der Waals surface area (Å²) in [6, 6.07) is 0. The van der Waals surface area contributed by atoms with Gasteiger partial charge in [0.05, 0.1) is 5.88 Å². The standard InChI is InChI=1S/C7H11ClN2S/c1-5-6(4-8)10(3)7(9-2)11-5/h4H2,1-3H3. The highest BCUT2D eigenvalue weighted by molar-refractivity contribution is 7.09. The van der Waals surface area contributed by atoms with E-state index < -0.39 is 0 Å². The Morgan fingerprint density at radius 2 is 2.27 bits per heavy atom. The van der Waals surface area contributed by atoms with E-state index in [9.17, 15) is 0 Å². The van der Waals surface area contributed by atoms with Gasteiger partial charge in [-0.25, -0.2) is 0 Å². The van der Waals surface area contributed by atoms with E-state index in [1.54, 1.807) is 18.4 Å². The minimum atomic E-state index is 0.564. The Morgan fingerprint density at radius 3 is 2.55 bits per heavy atom. The zero-order chi connectivity index (χ0) is 8.43. The molecule has 11 heavy (non-hydrogen) atoms. The molecule has 0 bridgehead atoms. The highest BCUT2D eigenvalue weighted by Crippen LogP contribution is 2.11. The third-order valence-corrected chi connectivity index (χ3v) is 3.09. The molecule has 2 nitrogen and oxygen atoms in total. The maximum absolute atomic E-state index is 5.75. The summed E-state index contributed by atoms with van der Waals surface area (Å²) in [5.74, 6) is 0.564. The second-order valence-corrected chi connectivity index (χ2v) is 3.75. The van der Waals surface area contributed by atoms with E-state index in [0.717, 1.165) is 10.5 Å². The number of aromatic nitrogens is 1. The van der Waals surface area contributed by atoms with Crippen molar-refractivity contribution >= 4 is 22.9 Å². The second kappa shape index (κ2) is 3.41. The molecule has 0 saturated carbocycles. The van der Waals surface area contributed by atoms with Crippen LogP contribution in [0.4, 0.5) is 0 Å². The molecule has 0 aromatic carbocycles. The van der Waals surface area contributed by atoms with Crippen LogP contribution < -0.4 is 4.80 Å². The summed E-state index contributed by atoms with van der Waals surface area (Å²) in [5, 5.41) is 0. The molecule has 0 saturated heterocycles. The molecule has 0 spiro atoms. The van der Waals surface area contributed by atoms with E-state index in [4.69, 9.17) is 11.6 Å². The van der Waals surface area contributed by atoms with Crippen molar-refractivity contribution in [1.82, 2.24) is 4.57 Å². The average molecular weight is 191 g/mol. The lowest BCUT2D eigenvalue weighted by Crippen LogP contribution is -2.11. The summed E-state index contributed by atoms with van der Waals surface area (Å²) in [6.45, 7) is 2.07. The van der Waals surface area contributed by atoms with Gasteiger partial charge >= 0.3 is 0 Å². The summed E-state index contributed by atoms with van der Waals surface area (Å²) in [5.41, 5.74) is 1.16. The normalized spacial score (nSPS) is 12.5. The average Bonchev–Trinajstić information content (AvgIpc) is 2.26. The number of nitrogens with zero attached hydrogens (tertiary/aromatic N) is 2. The number of rotatable bonds is 1. The minimum Gasteiger partial charge on any atom is -0.323 e. The van der Waals surface area contributed by atoms with E-state index in [2.05, 4.69) is 11.9 Å². The molecule has 0 fully saturated rings.